The van der Waals surface area contributed by atoms with E-state index in [1.54, 1.807) is 0 Å². The van der Waals surface area contributed by atoms with Gasteiger partial charge in [0.25, 0.3) is 0 Å². The van der Waals surface area contributed by atoms with Crippen LogP contribution in [0.1, 0.15) is 51.8 Å². The zero-order chi connectivity index (χ0) is 19.7. The van der Waals surface area contributed by atoms with Crippen LogP contribution in [0, 0.1) is 5.92 Å². The van der Waals surface area contributed by atoms with E-state index in [1.165, 1.54) is 5.56 Å². The van der Waals surface area contributed by atoms with Gasteiger partial charge in [0.1, 0.15) is 0 Å². The molecule has 26 heavy (non-hydrogen) atoms. The molecule has 0 aromatic carbocycles. The summed E-state index contributed by atoms with van der Waals surface area (Å²) in [5.74, 6) is 1.61. The van der Waals surface area contributed by atoms with Gasteiger partial charge >= 0.3 is 0 Å². The molecule has 150 valence electrons. The van der Waals surface area contributed by atoms with Crippen molar-refractivity contribution in [3.8, 4) is 0 Å². The number of aromatic nitrogens is 2. The van der Waals surface area contributed by atoms with E-state index in [2.05, 4.69) is 54.2 Å². The average Bonchev–Trinajstić information content (AvgIpc) is 2.91. The van der Waals surface area contributed by atoms with Crippen molar-refractivity contribution in [2.45, 2.75) is 53.2 Å². The highest BCUT2D eigenvalue weighted by atomic mass is 16.5. The van der Waals surface area contributed by atoms with E-state index in [0.717, 1.165) is 18.2 Å². The molecule has 0 fully saturated rings. The van der Waals surface area contributed by atoms with Crippen molar-refractivity contribution < 1.29 is 9.84 Å². The zero-order valence-corrected chi connectivity index (χ0v) is 17.5. The summed E-state index contributed by atoms with van der Waals surface area (Å²) in [6.07, 6.45) is 1.46. The Kier molecular flexibility index (Phi) is 9.65. The number of guanidine groups is 1. The first kappa shape index (κ1) is 22.4. The van der Waals surface area contributed by atoms with E-state index in [1.807, 2.05) is 25.7 Å². The SMILES string of the molecule is CCNC(=NCC(O)COCC(C)C)N(C)Cc1cn(C)nc1C(C)C. The quantitative estimate of drug-likeness (QED) is 0.488. The van der Waals surface area contributed by atoms with Crippen LogP contribution in [0.2, 0.25) is 0 Å². The molecule has 0 amide bonds. The first-order chi connectivity index (χ1) is 12.2. The van der Waals surface area contributed by atoms with Gasteiger partial charge in [-0.2, -0.15) is 5.10 Å². The number of hydrogen-bond donors (Lipinski definition) is 2. The first-order valence-corrected chi connectivity index (χ1v) is 9.52. The monoisotopic (exact) mass is 367 g/mol. The molecule has 0 aliphatic rings. The smallest absolute Gasteiger partial charge is 0.194 e. The van der Waals surface area contributed by atoms with E-state index in [-0.39, 0.29) is 0 Å². The number of hydrogen-bond acceptors (Lipinski definition) is 4. The lowest BCUT2D eigenvalue weighted by Gasteiger charge is -2.23. The third-order valence-corrected chi connectivity index (χ3v) is 3.80. The average molecular weight is 368 g/mol. The minimum Gasteiger partial charge on any atom is -0.389 e. The molecule has 1 aromatic rings. The predicted molar refractivity (Wildman–Crippen MR) is 106 cm³/mol. The number of aliphatic imine (C=N–C) groups is 1. The molecule has 7 heteroatoms. The van der Waals surface area contributed by atoms with Gasteiger partial charge in [0.05, 0.1) is 24.9 Å². The van der Waals surface area contributed by atoms with Crippen molar-refractivity contribution in [1.82, 2.24) is 20.0 Å². The lowest BCUT2D eigenvalue weighted by Crippen LogP contribution is -2.39. The molecule has 0 spiro atoms. The number of aliphatic hydroxyl groups is 1. The highest BCUT2D eigenvalue weighted by Crippen LogP contribution is 2.18. The van der Waals surface area contributed by atoms with Crippen LogP contribution in [0.4, 0.5) is 0 Å². The van der Waals surface area contributed by atoms with Crippen LogP contribution in [0.25, 0.3) is 0 Å². The van der Waals surface area contributed by atoms with E-state index >= 15 is 0 Å². The van der Waals surface area contributed by atoms with Crippen molar-refractivity contribution in [3.05, 3.63) is 17.5 Å². The highest BCUT2D eigenvalue weighted by Gasteiger charge is 2.15. The maximum absolute atomic E-state index is 10.1. The van der Waals surface area contributed by atoms with Crippen molar-refractivity contribution in [2.75, 3.05) is 33.4 Å². The fourth-order valence-corrected chi connectivity index (χ4v) is 2.65. The molecule has 0 aliphatic carbocycles. The molecular weight excluding hydrogens is 330 g/mol. The van der Waals surface area contributed by atoms with Crippen LogP contribution in [-0.2, 0) is 18.3 Å². The Morgan fingerprint density at radius 2 is 2.04 bits per heavy atom. The summed E-state index contributed by atoms with van der Waals surface area (Å²) in [7, 11) is 3.95. The lowest BCUT2D eigenvalue weighted by atomic mass is 10.1. The highest BCUT2D eigenvalue weighted by molar-refractivity contribution is 5.79. The van der Waals surface area contributed by atoms with E-state index in [9.17, 15) is 5.11 Å². The molecule has 0 bridgehead atoms. The molecule has 0 saturated heterocycles. The standard InChI is InChI=1S/C19H37N5O2/c1-8-20-19(21-9-17(25)13-26-12-14(2)3)23(6)10-16-11-24(7)22-18(16)15(4)5/h11,14-15,17,25H,8-10,12-13H2,1-7H3,(H,20,21). The summed E-state index contributed by atoms with van der Waals surface area (Å²) in [5.41, 5.74) is 2.30. The maximum atomic E-state index is 10.1. The second-order valence-corrected chi connectivity index (χ2v) is 7.50. The molecule has 1 atom stereocenters. The fourth-order valence-electron chi connectivity index (χ4n) is 2.65. The first-order valence-electron chi connectivity index (χ1n) is 9.52. The Labute approximate surface area is 158 Å². The molecule has 0 aliphatic heterocycles. The predicted octanol–water partition coefficient (Wildman–Crippen LogP) is 1.97. The van der Waals surface area contributed by atoms with Gasteiger partial charge in [-0.15, -0.1) is 0 Å². The Morgan fingerprint density at radius 1 is 1.35 bits per heavy atom. The molecule has 0 radical (unpaired) electrons. The number of ether oxygens (including phenoxy) is 1. The summed E-state index contributed by atoms with van der Waals surface area (Å²) < 4.78 is 7.35. The maximum Gasteiger partial charge on any atom is 0.194 e. The van der Waals surface area contributed by atoms with Gasteiger partial charge in [0.2, 0.25) is 0 Å². The summed E-state index contributed by atoms with van der Waals surface area (Å²) in [6.45, 7) is 13.3. The molecule has 1 heterocycles. The molecule has 7 nitrogen and oxygen atoms in total. The van der Waals surface area contributed by atoms with Gasteiger partial charge in [0, 0.05) is 45.6 Å². The number of nitrogens with one attached hydrogen (secondary N) is 1. The van der Waals surface area contributed by atoms with Crippen molar-refractivity contribution in [1.29, 1.82) is 0 Å². The summed E-state index contributed by atoms with van der Waals surface area (Å²) >= 11 is 0. The summed E-state index contributed by atoms with van der Waals surface area (Å²) in [4.78, 5) is 6.63. The number of aliphatic hydroxyl groups excluding tert-OH is 1. The Morgan fingerprint density at radius 3 is 2.62 bits per heavy atom. The van der Waals surface area contributed by atoms with Crippen molar-refractivity contribution in [3.63, 3.8) is 0 Å². The van der Waals surface area contributed by atoms with Gasteiger partial charge in [-0.05, 0) is 18.8 Å². The minimum atomic E-state index is -0.597. The molecular formula is C19H37N5O2. The largest absolute Gasteiger partial charge is 0.389 e. The van der Waals surface area contributed by atoms with Crippen LogP contribution in [-0.4, -0.2) is 65.2 Å². The fraction of sp³-hybridized carbons (Fsp3) is 0.789. The van der Waals surface area contributed by atoms with Crippen LogP contribution in [0.3, 0.4) is 0 Å². The third kappa shape index (κ3) is 7.74. The number of nitrogens with zero attached hydrogens (tertiary/aromatic N) is 4. The molecule has 1 rings (SSSR count). The molecule has 2 N–H and O–H groups in total. The zero-order valence-electron chi connectivity index (χ0n) is 17.5. The van der Waals surface area contributed by atoms with Crippen LogP contribution >= 0.6 is 0 Å². The third-order valence-electron chi connectivity index (χ3n) is 3.80. The molecule has 0 saturated carbocycles. The van der Waals surface area contributed by atoms with Crippen molar-refractivity contribution >= 4 is 5.96 Å². The Hall–Kier alpha value is -1.60. The number of aryl methyl sites for hydroxylation is 1. The second kappa shape index (κ2) is 11.2. The normalized spacial score (nSPS) is 13.5. The Bertz CT molecular complexity index is 554. The Balaban J connectivity index is 2.70. The van der Waals surface area contributed by atoms with Gasteiger partial charge in [-0.3, -0.25) is 9.67 Å². The van der Waals surface area contributed by atoms with E-state index in [4.69, 9.17) is 4.74 Å². The van der Waals surface area contributed by atoms with Gasteiger partial charge < -0.3 is 20.1 Å². The van der Waals surface area contributed by atoms with Crippen LogP contribution in [0.15, 0.2) is 11.2 Å². The number of rotatable bonds is 10. The minimum absolute atomic E-state index is 0.310. The van der Waals surface area contributed by atoms with E-state index < -0.39 is 6.10 Å². The van der Waals surface area contributed by atoms with Crippen LogP contribution < -0.4 is 5.32 Å². The summed E-state index contributed by atoms with van der Waals surface area (Å²) in [5, 5.41) is 17.9. The molecule has 1 unspecified atom stereocenters. The van der Waals surface area contributed by atoms with Crippen LogP contribution in [0.5, 0.6) is 0 Å². The van der Waals surface area contributed by atoms with Gasteiger partial charge in [-0.1, -0.05) is 27.7 Å². The van der Waals surface area contributed by atoms with Gasteiger partial charge in [-0.25, -0.2) is 0 Å². The molecule has 1 aromatic heterocycles. The summed E-state index contributed by atoms with van der Waals surface area (Å²) in [6, 6.07) is 0. The topological polar surface area (TPSA) is 74.9 Å². The van der Waals surface area contributed by atoms with E-state index in [0.29, 0.717) is 38.1 Å². The van der Waals surface area contributed by atoms with Crippen molar-refractivity contribution in [2.24, 2.45) is 18.0 Å². The second-order valence-electron chi connectivity index (χ2n) is 7.50. The lowest BCUT2D eigenvalue weighted by molar-refractivity contribution is 0.0300. The van der Waals surface area contributed by atoms with Gasteiger partial charge in [0.15, 0.2) is 5.96 Å².